The average molecular weight is 303 g/mol. The molecule has 0 aliphatic carbocycles. The molecule has 0 saturated carbocycles. The van der Waals surface area contributed by atoms with Crippen LogP contribution in [0.4, 0.5) is 0 Å². The van der Waals surface area contributed by atoms with E-state index in [1.54, 1.807) is 18.2 Å². The van der Waals surface area contributed by atoms with Crippen LogP contribution in [0.15, 0.2) is 60.7 Å². The number of nitrogens with one attached hydrogen (secondary N) is 1. The lowest BCUT2D eigenvalue weighted by Crippen LogP contribution is -2.37. The molecule has 1 aliphatic rings. The normalized spacial score (nSPS) is 13.6. The minimum atomic E-state index is -0.410. The van der Waals surface area contributed by atoms with Crippen molar-refractivity contribution in [1.82, 2.24) is 5.32 Å². The monoisotopic (exact) mass is 303 g/mol. The van der Waals surface area contributed by atoms with E-state index in [2.05, 4.69) is 5.32 Å². The Hall–Kier alpha value is -3.14. The molecule has 1 aliphatic heterocycles. The molecule has 1 heterocycles. The lowest BCUT2D eigenvalue weighted by atomic mass is 9.99. The maximum Gasteiger partial charge on any atom is 0.261 e. The van der Waals surface area contributed by atoms with E-state index in [-0.39, 0.29) is 12.3 Å². The molecule has 0 spiro atoms. The number of hydrogen-bond donors (Lipinski definition) is 1. The van der Waals surface area contributed by atoms with Crippen LogP contribution in [-0.4, -0.2) is 11.8 Å². The maximum absolute atomic E-state index is 12.2. The van der Waals surface area contributed by atoms with Gasteiger partial charge in [-0.1, -0.05) is 48.5 Å². The molecule has 0 saturated heterocycles. The van der Waals surface area contributed by atoms with Crippen molar-refractivity contribution in [2.45, 2.75) is 6.42 Å². The lowest BCUT2D eigenvalue weighted by molar-refractivity contribution is -0.119. The Bertz CT molecular complexity index is 941. The second-order valence-corrected chi connectivity index (χ2v) is 5.42. The highest BCUT2D eigenvalue weighted by Gasteiger charge is 2.26. The standard InChI is InChI=1S/C19H13NO3/c21-17-11-13-7-4-10-16(18(13)19(22)20-17)23-15-9-3-6-12-5-1-2-8-14(12)15/h1-10H,11H2,(H,20,21,22). The molecule has 3 aromatic rings. The highest BCUT2D eigenvalue weighted by Crippen LogP contribution is 2.33. The summed E-state index contributed by atoms with van der Waals surface area (Å²) in [4.78, 5) is 23.7. The van der Waals surface area contributed by atoms with Crippen molar-refractivity contribution in [2.75, 3.05) is 0 Å². The Kier molecular flexibility index (Phi) is 3.08. The summed E-state index contributed by atoms with van der Waals surface area (Å²) in [7, 11) is 0. The van der Waals surface area contributed by atoms with Crippen molar-refractivity contribution in [3.8, 4) is 11.5 Å². The number of fused-ring (bicyclic) bond motifs is 2. The van der Waals surface area contributed by atoms with Crippen molar-refractivity contribution in [1.29, 1.82) is 0 Å². The SMILES string of the molecule is O=C1Cc2cccc(Oc3cccc4ccccc34)c2C(=O)N1. The van der Waals surface area contributed by atoms with Crippen LogP contribution in [0.25, 0.3) is 10.8 Å². The summed E-state index contributed by atoms with van der Waals surface area (Å²) in [5.74, 6) is 0.446. The Morgan fingerprint density at radius 3 is 2.48 bits per heavy atom. The third kappa shape index (κ3) is 2.34. The fraction of sp³-hybridized carbons (Fsp3) is 0.0526. The predicted octanol–water partition coefficient (Wildman–Crippen LogP) is 3.44. The number of amides is 2. The van der Waals surface area contributed by atoms with E-state index in [4.69, 9.17) is 4.74 Å². The number of ether oxygens (including phenoxy) is 1. The van der Waals surface area contributed by atoms with Gasteiger partial charge in [0.05, 0.1) is 12.0 Å². The number of benzene rings is 3. The molecule has 0 atom stereocenters. The molecular weight excluding hydrogens is 290 g/mol. The van der Waals surface area contributed by atoms with Gasteiger partial charge in [-0.05, 0) is 23.1 Å². The number of carbonyl (C=O) groups excluding carboxylic acids is 2. The first-order chi connectivity index (χ1) is 11.2. The molecule has 1 N–H and O–H groups in total. The van der Waals surface area contributed by atoms with Crippen LogP contribution in [-0.2, 0) is 11.2 Å². The van der Waals surface area contributed by atoms with E-state index < -0.39 is 5.91 Å². The zero-order valence-electron chi connectivity index (χ0n) is 12.2. The molecule has 23 heavy (non-hydrogen) atoms. The fourth-order valence-electron chi connectivity index (χ4n) is 2.88. The van der Waals surface area contributed by atoms with Crippen LogP contribution in [0, 0.1) is 0 Å². The van der Waals surface area contributed by atoms with Crippen molar-refractivity contribution in [2.24, 2.45) is 0 Å². The van der Waals surface area contributed by atoms with E-state index >= 15 is 0 Å². The summed E-state index contributed by atoms with van der Waals surface area (Å²) in [5, 5.41) is 4.38. The smallest absolute Gasteiger partial charge is 0.261 e. The fourth-order valence-corrected chi connectivity index (χ4v) is 2.88. The quantitative estimate of drug-likeness (QED) is 0.738. The first kappa shape index (κ1) is 13.5. The largest absolute Gasteiger partial charge is 0.456 e. The summed E-state index contributed by atoms with van der Waals surface area (Å²) >= 11 is 0. The van der Waals surface area contributed by atoms with Crippen molar-refractivity contribution < 1.29 is 14.3 Å². The third-order valence-corrected chi connectivity index (χ3v) is 3.91. The van der Waals surface area contributed by atoms with Crippen LogP contribution in [0.1, 0.15) is 15.9 Å². The van der Waals surface area contributed by atoms with Crippen LogP contribution in [0.5, 0.6) is 11.5 Å². The van der Waals surface area contributed by atoms with E-state index in [1.165, 1.54) is 0 Å². The Balaban J connectivity index is 1.82. The van der Waals surface area contributed by atoms with Gasteiger partial charge in [-0.3, -0.25) is 14.9 Å². The van der Waals surface area contributed by atoms with Gasteiger partial charge >= 0.3 is 0 Å². The summed E-state index contributed by atoms with van der Waals surface area (Å²) in [6.07, 6.45) is 0.188. The molecule has 4 heteroatoms. The van der Waals surface area contributed by atoms with E-state index in [0.717, 1.165) is 10.8 Å². The van der Waals surface area contributed by atoms with Crippen LogP contribution in [0.2, 0.25) is 0 Å². The molecule has 4 nitrogen and oxygen atoms in total. The topological polar surface area (TPSA) is 55.4 Å². The Morgan fingerprint density at radius 1 is 0.826 bits per heavy atom. The number of carbonyl (C=O) groups is 2. The first-order valence-corrected chi connectivity index (χ1v) is 7.34. The van der Waals surface area contributed by atoms with E-state index in [9.17, 15) is 9.59 Å². The molecule has 2 amide bonds. The molecule has 0 aromatic heterocycles. The maximum atomic E-state index is 12.2. The van der Waals surface area contributed by atoms with Crippen molar-refractivity contribution in [3.05, 3.63) is 71.8 Å². The van der Waals surface area contributed by atoms with Crippen LogP contribution < -0.4 is 10.1 Å². The van der Waals surface area contributed by atoms with Gasteiger partial charge in [0.25, 0.3) is 5.91 Å². The zero-order valence-corrected chi connectivity index (χ0v) is 12.2. The number of rotatable bonds is 2. The number of hydrogen-bond acceptors (Lipinski definition) is 3. The van der Waals surface area contributed by atoms with Gasteiger partial charge in [0.2, 0.25) is 5.91 Å². The first-order valence-electron chi connectivity index (χ1n) is 7.34. The molecule has 0 bridgehead atoms. The van der Waals surface area contributed by atoms with Gasteiger partial charge in [0.15, 0.2) is 0 Å². The van der Waals surface area contributed by atoms with Gasteiger partial charge in [0.1, 0.15) is 11.5 Å². The minimum Gasteiger partial charge on any atom is -0.456 e. The molecule has 3 aromatic carbocycles. The Morgan fingerprint density at radius 2 is 1.57 bits per heavy atom. The van der Waals surface area contributed by atoms with E-state index in [1.807, 2.05) is 42.5 Å². The van der Waals surface area contributed by atoms with Gasteiger partial charge < -0.3 is 4.74 Å². The van der Waals surface area contributed by atoms with Crippen molar-refractivity contribution >= 4 is 22.6 Å². The molecule has 0 radical (unpaired) electrons. The molecule has 112 valence electrons. The van der Waals surface area contributed by atoms with E-state index in [0.29, 0.717) is 22.6 Å². The van der Waals surface area contributed by atoms with Gasteiger partial charge in [-0.2, -0.15) is 0 Å². The predicted molar refractivity (Wildman–Crippen MR) is 86.6 cm³/mol. The van der Waals surface area contributed by atoms with Crippen LogP contribution in [0.3, 0.4) is 0 Å². The third-order valence-electron chi connectivity index (χ3n) is 3.91. The molecular formula is C19H13NO3. The van der Waals surface area contributed by atoms with Crippen LogP contribution >= 0.6 is 0 Å². The highest BCUT2D eigenvalue weighted by atomic mass is 16.5. The summed E-state index contributed by atoms with van der Waals surface area (Å²) < 4.78 is 6.02. The summed E-state index contributed by atoms with van der Waals surface area (Å²) in [5.41, 5.74) is 1.12. The van der Waals surface area contributed by atoms with Crippen molar-refractivity contribution in [3.63, 3.8) is 0 Å². The summed E-state index contributed by atoms with van der Waals surface area (Å²) in [6.45, 7) is 0. The Labute approximate surface area is 132 Å². The highest BCUT2D eigenvalue weighted by molar-refractivity contribution is 6.11. The second-order valence-electron chi connectivity index (χ2n) is 5.42. The average Bonchev–Trinajstić information content (AvgIpc) is 2.55. The number of imide groups is 1. The second kappa shape index (κ2) is 5.25. The zero-order chi connectivity index (χ0) is 15.8. The molecule has 0 unspecified atom stereocenters. The summed E-state index contributed by atoms with van der Waals surface area (Å²) in [6, 6.07) is 19.0. The molecule has 0 fully saturated rings. The minimum absolute atomic E-state index is 0.188. The molecule has 4 rings (SSSR count). The van der Waals surface area contributed by atoms with Gasteiger partial charge in [-0.15, -0.1) is 0 Å². The lowest BCUT2D eigenvalue weighted by Gasteiger charge is -2.19. The van der Waals surface area contributed by atoms with Gasteiger partial charge in [-0.25, -0.2) is 0 Å². The van der Waals surface area contributed by atoms with Gasteiger partial charge in [0, 0.05) is 5.39 Å².